The van der Waals surface area contributed by atoms with Crippen molar-refractivity contribution in [1.82, 2.24) is 9.97 Å². The highest BCUT2D eigenvalue weighted by molar-refractivity contribution is 5.66. The molecule has 0 spiro atoms. The standard InChI is InChI=1S/C14H26N4O2/c1-5-19-8-6-7-16-13-12(15)14(18-11(4)17-13)20-9-10(2)3/h10H,5-9,15H2,1-4H3,(H,16,17,18). The van der Waals surface area contributed by atoms with Gasteiger partial charge in [0.1, 0.15) is 11.5 Å². The van der Waals surface area contributed by atoms with E-state index in [0.717, 1.165) is 26.2 Å². The first kappa shape index (κ1) is 16.5. The number of hydrogen-bond donors (Lipinski definition) is 2. The molecule has 0 unspecified atom stereocenters. The molecule has 1 rings (SSSR count). The Morgan fingerprint density at radius 3 is 2.70 bits per heavy atom. The van der Waals surface area contributed by atoms with Crippen molar-refractivity contribution in [3.05, 3.63) is 5.82 Å². The topological polar surface area (TPSA) is 82.3 Å². The number of nitrogen functional groups attached to an aromatic ring is 1. The highest BCUT2D eigenvalue weighted by atomic mass is 16.5. The van der Waals surface area contributed by atoms with Crippen LogP contribution >= 0.6 is 0 Å². The fourth-order valence-corrected chi connectivity index (χ4v) is 1.57. The van der Waals surface area contributed by atoms with E-state index in [1.807, 2.05) is 13.8 Å². The molecule has 0 aliphatic carbocycles. The van der Waals surface area contributed by atoms with Crippen LogP contribution in [0.25, 0.3) is 0 Å². The van der Waals surface area contributed by atoms with Crippen LogP contribution in [-0.4, -0.2) is 36.3 Å². The zero-order valence-electron chi connectivity index (χ0n) is 12.9. The van der Waals surface area contributed by atoms with Gasteiger partial charge in [-0.1, -0.05) is 13.8 Å². The summed E-state index contributed by atoms with van der Waals surface area (Å²) in [5.41, 5.74) is 6.50. The van der Waals surface area contributed by atoms with Gasteiger partial charge in [0, 0.05) is 19.8 Å². The maximum absolute atomic E-state index is 6.04. The Kier molecular flexibility index (Phi) is 7.08. The molecule has 1 heterocycles. The van der Waals surface area contributed by atoms with Gasteiger partial charge >= 0.3 is 0 Å². The summed E-state index contributed by atoms with van der Waals surface area (Å²) in [6.07, 6.45) is 0.901. The number of nitrogens with two attached hydrogens (primary N) is 1. The first-order valence-electron chi connectivity index (χ1n) is 7.13. The fourth-order valence-electron chi connectivity index (χ4n) is 1.57. The molecule has 6 nitrogen and oxygen atoms in total. The van der Waals surface area contributed by atoms with Crippen molar-refractivity contribution in [3.63, 3.8) is 0 Å². The molecule has 0 fully saturated rings. The van der Waals surface area contributed by atoms with E-state index in [-0.39, 0.29) is 0 Å². The summed E-state index contributed by atoms with van der Waals surface area (Å²) in [5, 5.41) is 3.20. The Hall–Kier alpha value is -1.56. The van der Waals surface area contributed by atoms with Crippen molar-refractivity contribution < 1.29 is 9.47 Å². The predicted molar refractivity (Wildman–Crippen MR) is 81.1 cm³/mol. The third kappa shape index (κ3) is 5.61. The molecule has 3 N–H and O–H groups in total. The summed E-state index contributed by atoms with van der Waals surface area (Å²) in [5.74, 6) is 2.16. The van der Waals surface area contributed by atoms with Crippen LogP contribution in [0, 0.1) is 12.8 Å². The van der Waals surface area contributed by atoms with E-state index in [2.05, 4.69) is 29.1 Å². The molecule has 1 aromatic rings. The van der Waals surface area contributed by atoms with Gasteiger partial charge in [0.25, 0.3) is 0 Å². The summed E-state index contributed by atoms with van der Waals surface area (Å²) < 4.78 is 10.9. The van der Waals surface area contributed by atoms with Gasteiger partial charge in [-0.15, -0.1) is 0 Å². The zero-order chi connectivity index (χ0) is 15.0. The fraction of sp³-hybridized carbons (Fsp3) is 0.714. The van der Waals surface area contributed by atoms with E-state index in [1.165, 1.54) is 0 Å². The van der Waals surface area contributed by atoms with E-state index in [1.54, 1.807) is 0 Å². The lowest BCUT2D eigenvalue weighted by Gasteiger charge is -2.14. The number of nitrogens with zero attached hydrogens (tertiary/aromatic N) is 2. The minimum Gasteiger partial charge on any atom is -0.476 e. The molecule has 0 bridgehead atoms. The minimum atomic E-state index is 0.423. The van der Waals surface area contributed by atoms with E-state index in [0.29, 0.717) is 35.7 Å². The first-order chi connectivity index (χ1) is 9.54. The van der Waals surface area contributed by atoms with Crippen molar-refractivity contribution in [1.29, 1.82) is 0 Å². The lowest BCUT2D eigenvalue weighted by molar-refractivity contribution is 0.147. The first-order valence-corrected chi connectivity index (χ1v) is 7.13. The number of aromatic nitrogens is 2. The molecule has 20 heavy (non-hydrogen) atoms. The lowest BCUT2D eigenvalue weighted by Crippen LogP contribution is -2.13. The number of ether oxygens (including phenoxy) is 2. The van der Waals surface area contributed by atoms with E-state index < -0.39 is 0 Å². The lowest BCUT2D eigenvalue weighted by atomic mass is 10.2. The molecule has 0 saturated heterocycles. The van der Waals surface area contributed by atoms with Gasteiger partial charge in [0.2, 0.25) is 5.88 Å². The number of hydrogen-bond acceptors (Lipinski definition) is 6. The average Bonchev–Trinajstić information content (AvgIpc) is 2.40. The van der Waals surface area contributed by atoms with Gasteiger partial charge in [0.05, 0.1) is 6.61 Å². The SMILES string of the molecule is CCOCCCNc1nc(C)nc(OCC(C)C)c1N. The Balaban J connectivity index is 2.61. The second-order valence-electron chi connectivity index (χ2n) is 5.02. The van der Waals surface area contributed by atoms with Crippen molar-refractivity contribution in [2.75, 3.05) is 37.4 Å². The molecule has 114 valence electrons. The van der Waals surface area contributed by atoms with Gasteiger partial charge in [0.15, 0.2) is 5.82 Å². The van der Waals surface area contributed by atoms with Gasteiger partial charge in [-0.3, -0.25) is 0 Å². The van der Waals surface area contributed by atoms with Crippen molar-refractivity contribution in [2.45, 2.75) is 34.1 Å². The van der Waals surface area contributed by atoms with Crippen LogP contribution in [0.15, 0.2) is 0 Å². The van der Waals surface area contributed by atoms with Gasteiger partial charge in [-0.05, 0) is 26.2 Å². The highest BCUT2D eigenvalue weighted by Crippen LogP contribution is 2.26. The Morgan fingerprint density at radius 2 is 2.05 bits per heavy atom. The van der Waals surface area contributed by atoms with Crippen LogP contribution < -0.4 is 15.8 Å². The Bertz CT molecular complexity index is 410. The van der Waals surface area contributed by atoms with Gasteiger partial charge in [-0.25, -0.2) is 4.98 Å². The molecule has 1 aromatic heterocycles. The minimum absolute atomic E-state index is 0.423. The molecule has 0 aromatic carbocycles. The molecule has 0 atom stereocenters. The summed E-state index contributed by atoms with van der Waals surface area (Å²) in [7, 11) is 0. The molecular weight excluding hydrogens is 256 g/mol. The van der Waals surface area contributed by atoms with Crippen LogP contribution in [0.1, 0.15) is 33.0 Å². The van der Waals surface area contributed by atoms with Crippen LogP contribution in [0.3, 0.4) is 0 Å². The van der Waals surface area contributed by atoms with Crippen LogP contribution in [0.4, 0.5) is 11.5 Å². The second kappa shape index (κ2) is 8.58. The quantitative estimate of drug-likeness (QED) is 0.676. The number of rotatable bonds is 9. The molecule has 0 aliphatic rings. The maximum Gasteiger partial charge on any atom is 0.242 e. The van der Waals surface area contributed by atoms with E-state index in [9.17, 15) is 0 Å². The van der Waals surface area contributed by atoms with Crippen LogP contribution in [-0.2, 0) is 4.74 Å². The highest BCUT2D eigenvalue weighted by Gasteiger charge is 2.11. The summed E-state index contributed by atoms with van der Waals surface area (Å²) in [6, 6.07) is 0. The summed E-state index contributed by atoms with van der Waals surface area (Å²) in [6.45, 7) is 10.8. The predicted octanol–water partition coefficient (Wildman–Crippen LogP) is 2.24. The normalized spacial score (nSPS) is 10.8. The second-order valence-corrected chi connectivity index (χ2v) is 5.02. The van der Waals surface area contributed by atoms with Crippen molar-refractivity contribution >= 4 is 11.5 Å². The largest absolute Gasteiger partial charge is 0.476 e. The molecule has 0 amide bonds. The maximum atomic E-state index is 6.04. The zero-order valence-corrected chi connectivity index (χ0v) is 12.9. The smallest absolute Gasteiger partial charge is 0.242 e. The van der Waals surface area contributed by atoms with Crippen molar-refractivity contribution in [3.8, 4) is 5.88 Å². The van der Waals surface area contributed by atoms with E-state index >= 15 is 0 Å². The van der Waals surface area contributed by atoms with Crippen molar-refractivity contribution in [2.24, 2.45) is 5.92 Å². The Labute approximate surface area is 121 Å². The van der Waals surface area contributed by atoms with E-state index in [4.69, 9.17) is 15.2 Å². The molecular formula is C14H26N4O2. The number of anilines is 2. The monoisotopic (exact) mass is 282 g/mol. The van der Waals surface area contributed by atoms with Gasteiger partial charge in [-0.2, -0.15) is 4.98 Å². The average molecular weight is 282 g/mol. The summed E-state index contributed by atoms with van der Waals surface area (Å²) in [4.78, 5) is 8.55. The van der Waals surface area contributed by atoms with Crippen LogP contribution in [0.2, 0.25) is 0 Å². The Morgan fingerprint density at radius 1 is 1.30 bits per heavy atom. The van der Waals surface area contributed by atoms with Crippen LogP contribution in [0.5, 0.6) is 5.88 Å². The number of nitrogens with one attached hydrogen (secondary N) is 1. The molecule has 6 heteroatoms. The third-order valence-electron chi connectivity index (χ3n) is 2.54. The molecule has 0 aliphatic heterocycles. The summed E-state index contributed by atoms with van der Waals surface area (Å²) >= 11 is 0. The molecule has 0 saturated carbocycles. The third-order valence-corrected chi connectivity index (χ3v) is 2.54. The molecule has 0 radical (unpaired) electrons. The number of aryl methyl sites for hydroxylation is 1. The van der Waals surface area contributed by atoms with Gasteiger partial charge < -0.3 is 20.5 Å².